The van der Waals surface area contributed by atoms with Gasteiger partial charge in [0.2, 0.25) is 10.0 Å². The molecule has 134 valence electrons. The van der Waals surface area contributed by atoms with Gasteiger partial charge in [0.15, 0.2) is 6.61 Å². The molecular formula is C15H15ClN2O6S. The molecule has 0 radical (unpaired) electrons. The van der Waals surface area contributed by atoms with Gasteiger partial charge >= 0.3 is 5.97 Å². The van der Waals surface area contributed by atoms with Crippen LogP contribution in [0.15, 0.2) is 45.9 Å². The van der Waals surface area contributed by atoms with Gasteiger partial charge in [0, 0.05) is 0 Å². The number of ether oxygens (including phenoxy) is 1. The minimum Gasteiger partial charge on any atom is -0.467 e. The van der Waals surface area contributed by atoms with Crippen molar-refractivity contribution in [1.82, 2.24) is 10.0 Å². The second kappa shape index (κ2) is 8.15. The van der Waals surface area contributed by atoms with Crippen molar-refractivity contribution in [3.05, 3.63) is 52.9 Å². The molecule has 10 heteroatoms. The molecule has 0 aliphatic heterocycles. The van der Waals surface area contributed by atoms with Gasteiger partial charge in [0.1, 0.15) is 10.7 Å². The van der Waals surface area contributed by atoms with Crippen molar-refractivity contribution in [2.24, 2.45) is 0 Å². The maximum Gasteiger partial charge on any atom is 0.338 e. The van der Waals surface area contributed by atoms with Gasteiger partial charge in [-0.25, -0.2) is 17.9 Å². The molecule has 0 atom stereocenters. The van der Waals surface area contributed by atoms with Crippen LogP contribution < -0.4 is 10.0 Å². The average molecular weight is 387 g/mol. The van der Waals surface area contributed by atoms with E-state index in [1.54, 1.807) is 12.1 Å². The summed E-state index contributed by atoms with van der Waals surface area (Å²) in [6.07, 6.45) is 1.47. The van der Waals surface area contributed by atoms with E-state index in [4.69, 9.17) is 20.8 Å². The molecule has 1 heterocycles. The smallest absolute Gasteiger partial charge is 0.338 e. The number of hydrogen-bond acceptors (Lipinski definition) is 6. The van der Waals surface area contributed by atoms with Crippen molar-refractivity contribution in [2.75, 3.05) is 13.7 Å². The molecule has 0 bridgehead atoms. The Morgan fingerprint density at radius 3 is 2.68 bits per heavy atom. The van der Waals surface area contributed by atoms with Gasteiger partial charge in [-0.05, 0) is 37.4 Å². The molecule has 1 amide bonds. The highest BCUT2D eigenvalue weighted by Gasteiger charge is 2.19. The number of hydrogen-bond donors (Lipinski definition) is 2. The Bertz CT molecular complexity index is 864. The highest BCUT2D eigenvalue weighted by atomic mass is 35.5. The first kappa shape index (κ1) is 19.0. The van der Waals surface area contributed by atoms with E-state index in [1.165, 1.54) is 25.4 Å². The van der Waals surface area contributed by atoms with Crippen LogP contribution >= 0.6 is 11.6 Å². The molecule has 2 rings (SSSR count). The predicted octanol–water partition coefficient (Wildman–Crippen LogP) is 1.31. The van der Waals surface area contributed by atoms with E-state index in [0.717, 1.165) is 6.07 Å². The first-order valence-electron chi connectivity index (χ1n) is 7.03. The molecule has 0 fully saturated rings. The van der Waals surface area contributed by atoms with Crippen molar-refractivity contribution in [3.8, 4) is 0 Å². The highest BCUT2D eigenvalue weighted by molar-refractivity contribution is 7.89. The quantitative estimate of drug-likeness (QED) is 0.693. The maximum absolute atomic E-state index is 12.0. The number of furan rings is 1. The zero-order valence-corrected chi connectivity index (χ0v) is 14.7. The Balaban J connectivity index is 1.96. The van der Waals surface area contributed by atoms with Crippen molar-refractivity contribution >= 4 is 33.5 Å². The Morgan fingerprint density at radius 2 is 2.04 bits per heavy atom. The van der Waals surface area contributed by atoms with E-state index in [9.17, 15) is 18.0 Å². The minimum absolute atomic E-state index is 0.0397. The third-order valence-electron chi connectivity index (χ3n) is 3.10. The monoisotopic (exact) mass is 386 g/mol. The van der Waals surface area contributed by atoms with Crippen molar-refractivity contribution in [2.45, 2.75) is 11.4 Å². The van der Waals surface area contributed by atoms with E-state index < -0.39 is 28.5 Å². The Kier molecular flexibility index (Phi) is 6.18. The third kappa shape index (κ3) is 5.05. The number of sulfonamides is 1. The van der Waals surface area contributed by atoms with Gasteiger partial charge in [-0.1, -0.05) is 11.6 Å². The lowest BCUT2D eigenvalue weighted by Gasteiger charge is -2.08. The summed E-state index contributed by atoms with van der Waals surface area (Å²) in [5, 5.41) is 2.47. The molecule has 0 unspecified atom stereocenters. The summed E-state index contributed by atoms with van der Waals surface area (Å²) in [6, 6.07) is 7.01. The summed E-state index contributed by atoms with van der Waals surface area (Å²) in [7, 11) is -2.61. The normalized spacial score (nSPS) is 11.1. The third-order valence-corrected chi connectivity index (χ3v) is 5.00. The average Bonchev–Trinajstić information content (AvgIpc) is 3.11. The Hall–Kier alpha value is -2.36. The van der Waals surface area contributed by atoms with E-state index in [1.807, 2.05) is 0 Å². The lowest BCUT2D eigenvalue weighted by molar-refractivity contribution is -0.124. The van der Waals surface area contributed by atoms with Crippen LogP contribution in [0, 0.1) is 0 Å². The van der Waals surface area contributed by atoms with Crippen molar-refractivity contribution in [1.29, 1.82) is 0 Å². The zero-order chi connectivity index (χ0) is 18.4. The topological polar surface area (TPSA) is 115 Å². The van der Waals surface area contributed by atoms with Crippen molar-refractivity contribution in [3.63, 3.8) is 0 Å². The second-order valence-corrected chi connectivity index (χ2v) is 7.05. The van der Waals surface area contributed by atoms with E-state index in [0.29, 0.717) is 5.76 Å². The Morgan fingerprint density at radius 1 is 1.28 bits per heavy atom. The second-order valence-electron chi connectivity index (χ2n) is 4.78. The number of nitrogens with one attached hydrogen (secondary N) is 2. The number of halogens is 1. The van der Waals surface area contributed by atoms with E-state index >= 15 is 0 Å². The highest BCUT2D eigenvalue weighted by Crippen LogP contribution is 2.22. The van der Waals surface area contributed by atoms with E-state index in [-0.39, 0.29) is 22.0 Å². The number of amides is 1. The molecule has 0 saturated heterocycles. The summed E-state index contributed by atoms with van der Waals surface area (Å²) >= 11 is 5.84. The minimum atomic E-state index is -3.83. The molecule has 0 spiro atoms. The van der Waals surface area contributed by atoms with Crippen LogP contribution in [0.4, 0.5) is 0 Å². The molecule has 1 aromatic carbocycles. The summed E-state index contributed by atoms with van der Waals surface area (Å²) in [6.45, 7) is -0.356. The van der Waals surface area contributed by atoms with Crippen LogP contribution in [0.25, 0.3) is 0 Å². The van der Waals surface area contributed by atoms with Gasteiger partial charge in [-0.3, -0.25) is 4.79 Å². The lowest BCUT2D eigenvalue weighted by atomic mass is 10.2. The fourth-order valence-electron chi connectivity index (χ4n) is 1.81. The predicted molar refractivity (Wildman–Crippen MR) is 88.5 cm³/mol. The maximum atomic E-state index is 12.0. The molecule has 1 aromatic heterocycles. The van der Waals surface area contributed by atoms with Gasteiger partial charge in [-0.15, -0.1) is 0 Å². The standard InChI is InChI=1S/C15H15ClN2O6S/c1-17-25(21,22)13-7-10(4-5-12(13)16)15(20)24-9-14(19)18-8-11-3-2-6-23-11/h2-7,17H,8-9H2,1H3,(H,18,19). The molecule has 0 aliphatic rings. The number of carbonyl (C=O) groups excluding carboxylic acids is 2. The van der Waals surface area contributed by atoms with Crippen LogP contribution in [0.1, 0.15) is 16.1 Å². The molecule has 2 aromatic rings. The van der Waals surface area contributed by atoms with Crippen LogP contribution in [0.2, 0.25) is 5.02 Å². The fraction of sp³-hybridized carbons (Fsp3) is 0.200. The number of rotatable bonds is 7. The van der Waals surface area contributed by atoms with Gasteiger partial charge in [-0.2, -0.15) is 0 Å². The summed E-state index contributed by atoms with van der Waals surface area (Å²) in [5.41, 5.74) is -0.0444. The molecule has 25 heavy (non-hydrogen) atoms. The number of carbonyl (C=O) groups is 2. The van der Waals surface area contributed by atoms with Crippen LogP contribution in [0.5, 0.6) is 0 Å². The molecule has 8 nitrogen and oxygen atoms in total. The number of esters is 1. The molecule has 0 saturated carbocycles. The molecule has 2 N–H and O–H groups in total. The molecular weight excluding hydrogens is 372 g/mol. The van der Waals surface area contributed by atoms with Crippen LogP contribution in [0.3, 0.4) is 0 Å². The van der Waals surface area contributed by atoms with Gasteiger partial charge in [0.05, 0.1) is 23.4 Å². The van der Waals surface area contributed by atoms with Gasteiger partial charge < -0.3 is 14.5 Å². The number of benzene rings is 1. The fourth-order valence-corrected chi connectivity index (χ4v) is 3.06. The first-order valence-corrected chi connectivity index (χ1v) is 8.89. The largest absolute Gasteiger partial charge is 0.467 e. The SMILES string of the molecule is CNS(=O)(=O)c1cc(C(=O)OCC(=O)NCc2ccco2)ccc1Cl. The first-order chi connectivity index (χ1) is 11.8. The molecule has 0 aliphatic carbocycles. The van der Waals surface area contributed by atoms with Crippen LogP contribution in [-0.2, 0) is 26.1 Å². The Labute approximate surface area is 149 Å². The summed E-state index contributed by atoms with van der Waals surface area (Å²) < 4.78 is 35.7. The summed E-state index contributed by atoms with van der Waals surface area (Å²) in [4.78, 5) is 23.4. The van der Waals surface area contributed by atoms with Crippen molar-refractivity contribution < 1.29 is 27.2 Å². The van der Waals surface area contributed by atoms with Crippen LogP contribution in [-0.4, -0.2) is 33.9 Å². The summed E-state index contributed by atoms with van der Waals surface area (Å²) in [5.74, 6) is -0.821. The van der Waals surface area contributed by atoms with E-state index in [2.05, 4.69) is 10.0 Å². The zero-order valence-electron chi connectivity index (χ0n) is 13.1. The van der Waals surface area contributed by atoms with Gasteiger partial charge in [0.25, 0.3) is 5.91 Å². The lowest BCUT2D eigenvalue weighted by Crippen LogP contribution is -2.28.